The highest BCUT2D eigenvalue weighted by molar-refractivity contribution is 7.87. The summed E-state index contributed by atoms with van der Waals surface area (Å²) in [5.74, 6) is -3.30. The molecule has 3 fully saturated rings. The molecule has 0 N–H and O–H groups in total. The monoisotopic (exact) mass is 326 g/mol. The number of ether oxygens (including phenoxy) is 1. The van der Waals surface area contributed by atoms with E-state index in [9.17, 15) is 26.4 Å². The lowest BCUT2D eigenvalue weighted by Crippen LogP contribution is -2.41. The Labute approximate surface area is 119 Å². The molecule has 0 aromatic carbocycles. The number of halogens is 3. The lowest BCUT2D eigenvalue weighted by molar-refractivity contribution is -0.238. The van der Waals surface area contributed by atoms with Gasteiger partial charge in [0.25, 0.3) is 10.1 Å². The van der Waals surface area contributed by atoms with E-state index >= 15 is 0 Å². The van der Waals surface area contributed by atoms with Crippen molar-refractivity contribution in [3.63, 3.8) is 0 Å². The number of hydrogen-bond donors (Lipinski definition) is 0. The number of alkyl halides is 3. The van der Waals surface area contributed by atoms with Gasteiger partial charge in [0.15, 0.2) is 0 Å². The molecule has 0 spiro atoms. The van der Waals surface area contributed by atoms with E-state index in [1.165, 1.54) is 0 Å². The Balaban J connectivity index is 2.09. The lowest BCUT2D eigenvalue weighted by Gasteiger charge is -2.32. The van der Waals surface area contributed by atoms with E-state index in [1.54, 1.807) is 0 Å². The van der Waals surface area contributed by atoms with Crippen molar-refractivity contribution in [1.82, 2.24) is 0 Å². The van der Waals surface area contributed by atoms with Gasteiger partial charge < -0.3 is 4.74 Å². The molecule has 5 nitrogen and oxygen atoms in total. The molecule has 1 heterocycles. The number of rotatable bonds is 2. The topological polar surface area (TPSA) is 69.7 Å². The van der Waals surface area contributed by atoms with Crippen LogP contribution in [-0.2, 0) is 23.8 Å². The minimum Gasteiger partial charge on any atom is -0.457 e. The van der Waals surface area contributed by atoms with E-state index in [4.69, 9.17) is 8.92 Å². The van der Waals surface area contributed by atoms with Crippen LogP contribution in [0, 0.1) is 17.3 Å². The molecule has 0 radical (unpaired) electrons. The van der Waals surface area contributed by atoms with Crippen LogP contribution >= 0.6 is 0 Å². The van der Waals surface area contributed by atoms with Crippen molar-refractivity contribution in [1.29, 1.82) is 0 Å². The van der Waals surface area contributed by atoms with Gasteiger partial charge in [0.1, 0.15) is 11.4 Å². The number of esters is 1. The lowest BCUT2D eigenvalue weighted by atomic mass is 9.78. The zero-order valence-corrected chi connectivity index (χ0v) is 11.8. The summed E-state index contributed by atoms with van der Waals surface area (Å²) in [5.41, 5.74) is -2.24. The minimum absolute atomic E-state index is 0.0918. The van der Waals surface area contributed by atoms with Crippen LogP contribution < -0.4 is 0 Å². The third kappa shape index (κ3) is 1.67. The number of fused-ring (bicyclic) bond motifs is 1. The highest BCUT2D eigenvalue weighted by atomic mass is 32.2. The number of carbonyl (C=O) groups is 1. The van der Waals surface area contributed by atoms with Gasteiger partial charge in [-0.25, -0.2) is 4.79 Å². The van der Waals surface area contributed by atoms with Crippen molar-refractivity contribution in [3.05, 3.63) is 12.7 Å². The summed E-state index contributed by atoms with van der Waals surface area (Å²) in [4.78, 5) is 11.3. The first-order valence-electron chi connectivity index (χ1n) is 6.36. The van der Waals surface area contributed by atoms with Crippen LogP contribution in [0.2, 0.25) is 0 Å². The van der Waals surface area contributed by atoms with Crippen molar-refractivity contribution in [2.45, 2.75) is 37.0 Å². The molecule has 6 unspecified atom stereocenters. The Bertz CT molecular complexity index is 613. The molecule has 2 bridgehead atoms. The largest absolute Gasteiger partial charge is 0.457 e. The van der Waals surface area contributed by atoms with Gasteiger partial charge >= 0.3 is 12.1 Å². The smallest absolute Gasteiger partial charge is 0.395 e. The highest BCUT2D eigenvalue weighted by Crippen LogP contribution is 2.69. The van der Waals surface area contributed by atoms with Gasteiger partial charge in [-0.3, -0.25) is 4.18 Å². The Morgan fingerprint density at radius 3 is 2.62 bits per heavy atom. The molecule has 21 heavy (non-hydrogen) atoms. The fraction of sp³-hybridized carbons (Fsp3) is 0.750. The fourth-order valence-electron chi connectivity index (χ4n) is 4.15. The molecule has 0 aromatic heterocycles. The van der Waals surface area contributed by atoms with Crippen molar-refractivity contribution in [2.24, 2.45) is 17.3 Å². The Morgan fingerprint density at radius 2 is 2.10 bits per heavy atom. The van der Waals surface area contributed by atoms with E-state index in [0.29, 0.717) is 0 Å². The van der Waals surface area contributed by atoms with Crippen LogP contribution in [-0.4, -0.2) is 38.0 Å². The van der Waals surface area contributed by atoms with Crippen molar-refractivity contribution in [3.8, 4) is 0 Å². The molecular weight excluding hydrogens is 313 g/mol. The predicted octanol–water partition coefficient (Wildman–Crippen LogP) is 1.40. The molecule has 1 saturated heterocycles. The first-order valence-corrected chi connectivity index (χ1v) is 7.83. The fourth-order valence-corrected chi connectivity index (χ4v) is 6.21. The molecule has 3 rings (SSSR count). The Morgan fingerprint density at radius 1 is 1.48 bits per heavy atom. The van der Waals surface area contributed by atoms with Gasteiger partial charge in [-0.1, -0.05) is 13.5 Å². The quantitative estimate of drug-likeness (QED) is 0.436. The molecule has 0 amide bonds. The standard InChI is InChI=1S/C12H13F3O5S/c1-3-7(16)19-9-5-4-6-8(10(9)21(17,18)20-6)11(5,2)12(13,14)15/h3,5-6,8-10H,1,4H2,2H3. The zero-order chi connectivity index (χ0) is 15.8. The maximum absolute atomic E-state index is 13.5. The van der Waals surface area contributed by atoms with Gasteiger partial charge in [-0.05, 0) is 6.42 Å². The summed E-state index contributed by atoms with van der Waals surface area (Å²) in [6, 6.07) is 0. The summed E-state index contributed by atoms with van der Waals surface area (Å²) in [6.45, 7) is 4.16. The van der Waals surface area contributed by atoms with Gasteiger partial charge in [0.05, 0.1) is 11.5 Å². The van der Waals surface area contributed by atoms with Crippen LogP contribution in [0.15, 0.2) is 12.7 Å². The normalized spacial score (nSPS) is 46.6. The second-order valence-corrected chi connectivity index (χ2v) is 7.57. The van der Waals surface area contributed by atoms with Crippen LogP contribution in [0.1, 0.15) is 13.3 Å². The molecule has 2 saturated carbocycles. The number of carbonyl (C=O) groups excluding carboxylic acids is 1. The second-order valence-electron chi connectivity index (χ2n) is 5.85. The van der Waals surface area contributed by atoms with E-state index in [2.05, 4.69) is 6.58 Å². The van der Waals surface area contributed by atoms with Crippen LogP contribution in [0.25, 0.3) is 0 Å². The molecule has 6 atom stereocenters. The molecule has 9 heteroatoms. The molecular formula is C12H13F3O5S. The Hall–Kier alpha value is -1.09. The summed E-state index contributed by atoms with van der Waals surface area (Å²) in [5, 5.41) is -1.46. The third-order valence-electron chi connectivity index (χ3n) is 5.04. The van der Waals surface area contributed by atoms with Crippen molar-refractivity contribution in [2.75, 3.05) is 0 Å². The Kier molecular flexibility index (Phi) is 2.83. The van der Waals surface area contributed by atoms with Crippen molar-refractivity contribution >= 4 is 16.1 Å². The van der Waals surface area contributed by atoms with Gasteiger partial charge in [-0.15, -0.1) is 0 Å². The molecule has 118 valence electrons. The summed E-state index contributed by atoms with van der Waals surface area (Å²) in [6.07, 6.45) is -6.23. The minimum atomic E-state index is -4.60. The van der Waals surface area contributed by atoms with E-state index in [-0.39, 0.29) is 6.42 Å². The zero-order valence-electron chi connectivity index (χ0n) is 11.0. The number of hydrogen-bond acceptors (Lipinski definition) is 5. The van der Waals surface area contributed by atoms with Crippen molar-refractivity contribution < 1.29 is 35.3 Å². The van der Waals surface area contributed by atoms with Crippen LogP contribution in [0.5, 0.6) is 0 Å². The second kappa shape index (κ2) is 4.01. The van der Waals surface area contributed by atoms with Gasteiger partial charge in [0.2, 0.25) is 0 Å². The maximum Gasteiger partial charge on any atom is 0.395 e. The van der Waals surface area contributed by atoms with E-state index in [1.807, 2.05) is 0 Å². The first-order chi connectivity index (χ1) is 9.54. The van der Waals surface area contributed by atoms with Gasteiger partial charge in [0, 0.05) is 17.9 Å². The van der Waals surface area contributed by atoms with E-state index in [0.717, 1.165) is 13.0 Å². The summed E-state index contributed by atoms with van der Waals surface area (Å²) >= 11 is 0. The van der Waals surface area contributed by atoms with E-state index < -0.39 is 57.0 Å². The summed E-state index contributed by atoms with van der Waals surface area (Å²) in [7, 11) is -4.18. The average molecular weight is 326 g/mol. The first kappa shape index (κ1) is 14.8. The molecule has 1 aliphatic heterocycles. The van der Waals surface area contributed by atoms with Crippen LogP contribution in [0.4, 0.5) is 13.2 Å². The molecule has 3 aliphatic rings. The third-order valence-corrected chi connectivity index (χ3v) is 6.79. The summed E-state index contributed by atoms with van der Waals surface area (Å²) < 4.78 is 74.2. The molecule has 0 aromatic rings. The average Bonchev–Trinajstić information content (AvgIpc) is 2.83. The van der Waals surface area contributed by atoms with Crippen LogP contribution in [0.3, 0.4) is 0 Å². The highest BCUT2D eigenvalue weighted by Gasteiger charge is 2.81. The predicted molar refractivity (Wildman–Crippen MR) is 63.4 cm³/mol. The molecule has 2 aliphatic carbocycles. The SMILES string of the molecule is C=CC(=O)OC1C2CC3OS(=O)(=O)C1C3C2(C)C(F)(F)F. The maximum atomic E-state index is 13.5. The van der Waals surface area contributed by atoms with Gasteiger partial charge in [-0.2, -0.15) is 21.6 Å².